The molecule has 0 saturated heterocycles. The Hall–Kier alpha value is -0.860. The van der Waals surface area contributed by atoms with Gasteiger partial charge in [0.1, 0.15) is 9.79 Å². The second-order valence-corrected chi connectivity index (χ2v) is 8.25. The molecule has 0 amide bonds. The highest BCUT2D eigenvalue weighted by Crippen LogP contribution is 2.43. The number of benzene rings is 1. The monoisotopic (exact) mass is 472 g/mol. The third-order valence-corrected chi connectivity index (χ3v) is 5.98. The summed E-state index contributed by atoms with van der Waals surface area (Å²) in [4.78, 5) is -2.35. The quantitative estimate of drug-likeness (QED) is 0.323. The van der Waals surface area contributed by atoms with E-state index in [1.54, 1.807) is 0 Å². The van der Waals surface area contributed by atoms with Gasteiger partial charge in [0.15, 0.2) is 4.98 Å². The Bertz CT molecular complexity index is 1020. The van der Waals surface area contributed by atoms with Crippen LogP contribution in [0.15, 0.2) is 14.7 Å². The Kier molecular flexibility index (Phi) is 6.32. The second-order valence-electron chi connectivity index (χ2n) is 3.80. The number of hydrogen-bond acceptors (Lipinski definition) is 7. The normalized spacial score (nSPS) is 12.3. The topological polar surface area (TPSA) is 191 Å². The van der Waals surface area contributed by atoms with Crippen molar-refractivity contribution in [3.05, 3.63) is 15.6 Å². The third-order valence-electron chi connectivity index (χ3n) is 2.39. The van der Waals surface area contributed by atoms with E-state index in [1.165, 1.54) is 0 Å². The molecule has 11 nitrogen and oxygen atoms in total. The molecular formula is C7H6BrClN2O9S3. The van der Waals surface area contributed by atoms with E-state index in [0.717, 1.165) is 6.92 Å². The molecule has 0 saturated carbocycles. The lowest BCUT2D eigenvalue weighted by atomic mass is 10.2. The largest absolute Gasteiger partial charge is 1.00 e. The molecule has 1 aromatic carbocycles. The van der Waals surface area contributed by atoms with E-state index in [0.29, 0.717) is 0 Å². The van der Waals surface area contributed by atoms with Gasteiger partial charge in [0, 0.05) is 0 Å². The summed E-state index contributed by atoms with van der Waals surface area (Å²) in [6, 6.07) is 0. The first-order valence-electron chi connectivity index (χ1n) is 4.77. The Labute approximate surface area is 145 Å². The van der Waals surface area contributed by atoms with Crippen molar-refractivity contribution < 1.29 is 55.9 Å². The molecule has 0 bridgehead atoms. The minimum atomic E-state index is -5.50. The summed E-state index contributed by atoms with van der Waals surface area (Å²) in [7, 11) is -16.1. The average molecular weight is 474 g/mol. The molecule has 16 heteroatoms. The van der Waals surface area contributed by atoms with E-state index in [2.05, 4.69) is 4.98 Å². The summed E-state index contributed by atoms with van der Waals surface area (Å²) >= 11 is 5.45. The number of diazo groups is 1. The van der Waals surface area contributed by atoms with Gasteiger partial charge in [0.05, 0.1) is 10.6 Å². The van der Waals surface area contributed by atoms with Gasteiger partial charge in [-0.05, 0) is 6.92 Å². The van der Waals surface area contributed by atoms with Crippen molar-refractivity contribution in [2.24, 2.45) is 0 Å². The standard InChI is InChI=1S/C7H5ClN2O9S3.BrH/c1-2-4(10-9)7(22(17,18)19)6(21(14,15)16)3(8)5(2)20(11,12)13;/h1H3,(H2-,11,12,13,14,15,16,17,18,19);1H. The summed E-state index contributed by atoms with van der Waals surface area (Å²) in [6.07, 6.45) is 0. The molecule has 0 aliphatic heterocycles. The molecule has 0 aliphatic carbocycles. The van der Waals surface area contributed by atoms with Crippen molar-refractivity contribution in [3.63, 3.8) is 0 Å². The van der Waals surface area contributed by atoms with Gasteiger partial charge in [-0.25, -0.2) is 0 Å². The molecular weight excluding hydrogens is 468 g/mol. The maximum absolute atomic E-state index is 11.3. The molecule has 23 heavy (non-hydrogen) atoms. The van der Waals surface area contributed by atoms with Crippen LogP contribution in [-0.4, -0.2) is 38.9 Å². The highest BCUT2D eigenvalue weighted by Gasteiger charge is 2.43. The molecule has 0 fully saturated rings. The first-order chi connectivity index (χ1) is 9.64. The molecule has 0 unspecified atom stereocenters. The van der Waals surface area contributed by atoms with Crippen LogP contribution in [-0.2, 0) is 30.4 Å². The van der Waals surface area contributed by atoms with E-state index < -0.39 is 61.3 Å². The maximum atomic E-state index is 11.3. The van der Waals surface area contributed by atoms with Crippen LogP contribution in [0, 0.1) is 12.3 Å². The van der Waals surface area contributed by atoms with E-state index in [9.17, 15) is 25.3 Å². The first kappa shape index (κ1) is 22.1. The van der Waals surface area contributed by atoms with E-state index in [1.807, 2.05) is 0 Å². The number of rotatable bonds is 3. The lowest BCUT2D eigenvalue weighted by molar-refractivity contribution is -0.0000170. The van der Waals surface area contributed by atoms with Gasteiger partial charge in [0.2, 0.25) is 10.3 Å². The maximum Gasteiger partial charge on any atom is 0.411 e. The third kappa shape index (κ3) is 4.16. The molecule has 130 valence electrons. The smallest absolute Gasteiger partial charge is 0.411 e. The molecule has 3 N–H and O–H groups in total. The van der Waals surface area contributed by atoms with Gasteiger partial charge in [-0.2, -0.15) is 25.3 Å². The highest BCUT2D eigenvalue weighted by atomic mass is 79.9. The fraction of sp³-hybridized carbons (Fsp3) is 0.143. The van der Waals surface area contributed by atoms with Crippen molar-refractivity contribution in [1.29, 1.82) is 5.39 Å². The van der Waals surface area contributed by atoms with Crippen molar-refractivity contribution >= 4 is 47.6 Å². The number of halogens is 2. The van der Waals surface area contributed by atoms with Gasteiger partial charge >= 0.3 is 15.8 Å². The van der Waals surface area contributed by atoms with Crippen LogP contribution in [0.5, 0.6) is 0 Å². The van der Waals surface area contributed by atoms with Gasteiger partial charge in [-0.15, -0.1) is 0 Å². The van der Waals surface area contributed by atoms with Crippen molar-refractivity contribution in [3.8, 4) is 0 Å². The van der Waals surface area contributed by atoms with Crippen LogP contribution in [0.1, 0.15) is 5.56 Å². The Morgan fingerprint density at radius 2 is 1.22 bits per heavy atom. The molecule has 0 aliphatic rings. The summed E-state index contributed by atoms with van der Waals surface area (Å²) in [5, 5.41) is 7.39. The van der Waals surface area contributed by atoms with Crippen LogP contribution < -0.4 is 17.0 Å². The number of hydrogen-bond donors (Lipinski definition) is 3. The molecule has 1 rings (SSSR count). The summed E-state index contributed by atoms with van der Waals surface area (Å²) in [6.45, 7) is 0.812. The SMILES string of the molecule is Cc1c([N+]#N)c(S(=O)(=O)O)c(S(=O)(=O)O)c(Cl)c1S(=O)(=O)O.[Br-]. The van der Waals surface area contributed by atoms with Gasteiger partial charge in [0.25, 0.3) is 20.2 Å². The number of nitrogens with zero attached hydrogens (tertiary/aromatic N) is 2. The van der Waals surface area contributed by atoms with E-state index in [4.69, 9.17) is 30.7 Å². The lowest BCUT2D eigenvalue weighted by Crippen LogP contribution is -3.00. The van der Waals surface area contributed by atoms with Crippen LogP contribution in [0.4, 0.5) is 5.69 Å². The zero-order valence-electron chi connectivity index (χ0n) is 10.7. The molecule has 0 aromatic heterocycles. The zero-order chi connectivity index (χ0) is 17.7. The second kappa shape index (κ2) is 6.57. The Balaban J connectivity index is 0.00000484. The van der Waals surface area contributed by atoms with Crippen LogP contribution in [0.2, 0.25) is 5.02 Å². The minimum absolute atomic E-state index is 0. The van der Waals surface area contributed by atoms with Crippen molar-refractivity contribution in [2.45, 2.75) is 21.6 Å². The molecule has 0 spiro atoms. The van der Waals surface area contributed by atoms with Crippen LogP contribution in [0.25, 0.3) is 4.98 Å². The lowest BCUT2D eigenvalue weighted by Gasteiger charge is -2.10. The Morgan fingerprint density at radius 3 is 1.48 bits per heavy atom. The summed E-state index contributed by atoms with van der Waals surface area (Å²) < 4.78 is 94.7. The van der Waals surface area contributed by atoms with Crippen LogP contribution in [0.3, 0.4) is 0 Å². The minimum Gasteiger partial charge on any atom is -1.00 e. The molecule has 0 atom stereocenters. The molecule has 0 radical (unpaired) electrons. The predicted molar refractivity (Wildman–Crippen MR) is 70.4 cm³/mol. The van der Waals surface area contributed by atoms with Gasteiger partial charge in [-0.3, -0.25) is 13.7 Å². The van der Waals surface area contributed by atoms with Gasteiger partial charge < -0.3 is 17.0 Å². The zero-order valence-corrected chi connectivity index (χ0v) is 15.5. The predicted octanol–water partition coefficient (Wildman–Crippen LogP) is -2.12. The average Bonchev–Trinajstić information content (AvgIpc) is 2.22. The van der Waals surface area contributed by atoms with Crippen molar-refractivity contribution in [1.82, 2.24) is 0 Å². The first-order valence-corrected chi connectivity index (χ1v) is 9.47. The summed E-state index contributed by atoms with van der Waals surface area (Å²) in [5.74, 6) is 0. The highest BCUT2D eigenvalue weighted by molar-refractivity contribution is 7.89. The van der Waals surface area contributed by atoms with Gasteiger partial charge in [-0.1, -0.05) is 11.6 Å². The van der Waals surface area contributed by atoms with E-state index in [-0.39, 0.29) is 17.0 Å². The van der Waals surface area contributed by atoms with Crippen molar-refractivity contribution in [2.75, 3.05) is 0 Å². The fourth-order valence-corrected chi connectivity index (χ4v) is 5.47. The van der Waals surface area contributed by atoms with E-state index >= 15 is 0 Å². The molecule has 1 aromatic rings. The van der Waals surface area contributed by atoms with Crippen LogP contribution >= 0.6 is 11.6 Å². The fourth-order valence-electron chi connectivity index (χ4n) is 1.65. The summed E-state index contributed by atoms with van der Waals surface area (Å²) in [5.41, 5.74) is -2.03. The Morgan fingerprint density at radius 1 is 0.870 bits per heavy atom. The molecule has 0 heterocycles.